The number of Topliss-reactive ketones (excluding diaryl/α,β-unsaturated/α-hetero) is 1. The molecule has 2 aromatic rings. The average Bonchev–Trinajstić information content (AvgIpc) is 3.17. The van der Waals surface area contributed by atoms with Crippen molar-refractivity contribution in [1.29, 1.82) is 0 Å². The maximum absolute atomic E-state index is 12.4. The lowest BCUT2D eigenvalue weighted by Gasteiger charge is -2.13. The lowest BCUT2D eigenvalue weighted by molar-refractivity contribution is -0.113. The van der Waals surface area contributed by atoms with Gasteiger partial charge in [0.05, 0.1) is 0 Å². The molecule has 0 unspecified atom stereocenters. The van der Waals surface area contributed by atoms with Crippen LogP contribution in [0.3, 0.4) is 0 Å². The summed E-state index contributed by atoms with van der Waals surface area (Å²) >= 11 is 0. The molecule has 1 heterocycles. The van der Waals surface area contributed by atoms with E-state index in [1.165, 1.54) is 36.6 Å². The Balaban J connectivity index is 1.83. The average molecular weight is 265 g/mol. The smallest absolute Gasteiger partial charge is 0.163 e. The van der Waals surface area contributed by atoms with Gasteiger partial charge < -0.3 is 4.98 Å². The number of hydrogen-bond acceptors (Lipinski definition) is 1. The SMILES string of the molecule is O=C1CCC(C2CCCC2)=C1c1ccc2[nH]ccc2c1. The fraction of sp³-hybridized carbons (Fsp3) is 0.389. The van der Waals surface area contributed by atoms with E-state index in [9.17, 15) is 4.79 Å². The summed E-state index contributed by atoms with van der Waals surface area (Å²) in [6.45, 7) is 0. The van der Waals surface area contributed by atoms with Crippen molar-refractivity contribution in [2.75, 3.05) is 0 Å². The third-order valence-corrected chi connectivity index (χ3v) is 4.91. The van der Waals surface area contributed by atoms with Crippen LogP contribution < -0.4 is 0 Å². The van der Waals surface area contributed by atoms with Crippen LogP contribution in [0.1, 0.15) is 44.1 Å². The Bertz CT molecular complexity index is 701. The van der Waals surface area contributed by atoms with Crippen LogP contribution in [0.25, 0.3) is 16.5 Å². The minimum Gasteiger partial charge on any atom is -0.361 e. The fourth-order valence-electron chi connectivity index (χ4n) is 3.91. The van der Waals surface area contributed by atoms with Gasteiger partial charge in [0.25, 0.3) is 0 Å². The molecule has 2 heteroatoms. The van der Waals surface area contributed by atoms with E-state index in [-0.39, 0.29) is 0 Å². The first-order valence-electron chi connectivity index (χ1n) is 7.67. The molecule has 0 radical (unpaired) electrons. The van der Waals surface area contributed by atoms with Gasteiger partial charge >= 0.3 is 0 Å². The molecule has 0 aliphatic heterocycles. The van der Waals surface area contributed by atoms with E-state index in [1.54, 1.807) is 0 Å². The van der Waals surface area contributed by atoms with Gasteiger partial charge in [0.15, 0.2) is 5.78 Å². The van der Waals surface area contributed by atoms with Crippen LogP contribution >= 0.6 is 0 Å². The van der Waals surface area contributed by atoms with E-state index in [0.29, 0.717) is 18.1 Å². The Labute approximate surface area is 118 Å². The summed E-state index contributed by atoms with van der Waals surface area (Å²) < 4.78 is 0. The summed E-state index contributed by atoms with van der Waals surface area (Å²) in [5.41, 5.74) is 4.76. The highest BCUT2D eigenvalue weighted by atomic mass is 16.1. The van der Waals surface area contributed by atoms with Crippen LogP contribution in [-0.2, 0) is 4.79 Å². The highest BCUT2D eigenvalue weighted by molar-refractivity contribution is 6.24. The van der Waals surface area contributed by atoms with E-state index in [2.05, 4.69) is 29.2 Å². The minimum absolute atomic E-state index is 0.349. The summed E-state index contributed by atoms with van der Waals surface area (Å²) in [6, 6.07) is 8.44. The van der Waals surface area contributed by atoms with Crippen molar-refractivity contribution >= 4 is 22.3 Å². The van der Waals surface area contributed by atoms with Crippen molar-refractivity contribution in [3.05, 3.63) is 41.6 Å². The number of nitrogens with one attached hydrogen (secondary N) is 1. The highest BCUT2D eigenvalue weighted by Gasteiger charge is 2.30. The van der Waals surface area contributed by atoms with Crippen LogP contribution in [0.2, 0.25) is 0 Å². The lowest BCUT2D eigenvalue weighted by Crippen LogP contribution is -2.01. The number of rotatable bonds is 2. The zero-order valence-corrected chi connectivity index (χ0v) is 11.6. The van der Waals surface area contributed by atoms with E-state index in [0.717, 1.165) is 23.1 Å². The number of aromatic nitrogens is 1. The van der Waals surface area contributed by atoms with Gasteiger partial charge in [0.1, 0.15) is 0 Å². The minimum atomic E-state index is 0.349. The lowest BCUT2D eigenvalue weighted by atomic mass is 9.91. The maximum Gasteiger partial charge on any atom is 0.163 e. The summed E-state index contributed by atoms with van der Waals surface area (Å²) in [7, 11) is 0. The molecule has 0 bridgehead atoms. The van der Waals surface area contributed by atoms with Crippen molar-refractivity contribution < 1.29 is 4.79 Å². The number of carbonyl (C=O) groups is 1. The van der Waals surface area contributed by atoms with Crippen molar-refractivity contribution in [3.8, 4) is 0 Å². The second-order valence-corrected chi connectivity index (χ2v) is 6.08. The van der Waals surface area contributed by atoms with Crippen LogP contribution in [-0.4, -0.2) is 10.8 Å². The Kier molecular flexibility index (Phi) is 2.76. The Hall–Kier alpha value is -1.83. The van der Waals surface area contributed by atoms with Crippen LogP contribution in [0.15, 0.2) is 36.0 Å². The maximum atomic E-state index is 12.4. The molecule has 1 aromatic heterocycles. The predicted octanol–water partition coefficient (Wildman–Crippen LogP) is 4.47. The summed E-state index contributed by atoms with van der Waals surface area (Å²) in [5, 5.41) is 1.19. The molecule has 4 rings (SSSR count). The molecule has 1 saturated carbocycles. The molecule has 1 N–H and O–H groups in total. The summed E-state index contributed by atoms with van der Waals surface area (Å²) in [6.07, 6.45) is 8.86. The van der Waals surface area contributed by atoms with Crippen LogP contribution in [0.4, 0.5) is 0 Å². The molecule has 0 amide bonds. The van der Waals surface area contributed by atoms with E-state index in [1.807, 2.05) is 6.20 Å². The van der Waals surface area contributed by atoms with Gasteiger partial charge in [0.2, 0.25) is 0 Å². The quantitative estimate of drug-likeness (QED) is 0.853. The Morgan fingerprint density at radius 3 is 2.75 bits per heavy atom. The van der Waals surface area contributed by atoms with Gasteiger partial charge in [-0.1, -0.05) is 24.5 Å². The number of aromatic amines is 1. The van der Waals surface area contributed by atoms with Crippen LogP contribution in [0.5, 0.6) is 0 Å². The largest absolute Gasteiger partial charge is 0.361 e. The van der Waals surface area contributed by atoms with Gasteiger partial charge in [-0.3, -0.25) is 4.79 Å². The third kappa shape index (κ3) is 1.82. The second kappa shape index (κ2) is 4.62. The Morgan fingerprint density at radius 2 is 1.90 bits per heavy atom. The molecule has 20 heavy (non-hydrogen) atoms. The van der Waals surface area contributed by atoms with Gasteiger partial charge in [-0.2, -0.15) is 0 Å². The molecule has 0 saturated heterocycles. The first-order chi connectivity index (χ1) is 9.83. The normalized spacial score (nSPS) is 20.5. The van der Waals surface area contributed by atoms with E-state index < -0.39 is 0 Å². The second-order valence-electron chi connectivity index (χ2n) is 6.08. The number of fused-ring (bicyclic) bond motifs is 1. The Morgan fingerprint density at radius 1 is 1.05 bits per heavy atom. The van der Waals surface area contributed by atoms with Crippen molar-refractivity contribution in [1.82, 2.24) is 4.98 Å². The molecular weight excluding hydrogens is 246 g/mol. The highest BCUT2D eigenvalue weighted by Crippen LogP contribution is 2.42. The van der Waals surface area contributed by atoms with Gasteiger partial charge in [-0.05, 0) is 54.3 Å². The predicted molar refractivity (Wildman–Crippen MR) is 81.4 cm³/mol. The summed E-state index contributed by atoms with van der Waals surface area (Å²) in [5.74, 6) is 1.01. The molecule has 0 spiro atoms. The zero-order chi connectivity index (χ0) is 13.5. The van der Waals surface area contributed by atoms with Gasteiger partial charge in [0, 0.05) is 23.7 Å². The van der Waals surface area contributed by atoms with Crippen molar-refractivity contribution in [2.24, 2.45) is 5.92 Å². The van der Waals surface area contributed by atoms with Gasteiger partial charge in [-0.25, -0.2) is 0 Å². The topological polar surface area (TPSA) is 32.9 Å². The molecule has 2 nitrogen and oxygen atoms in total. The van der Waals surface area contributed by atoms with Crippen molar-refractivity contribution in [3.63, 3.8) is 0 Å². The molecule has 1 aromatic carbocycles. The molecule has 0 atom stereocenters. The zero-order valence-electron chi connectivity index (χ0n) is 11.6. The molecule has 1 fully saturated rings. The first-order valence-corrected chi connectivity index (χ1v) is 7.67. The van der Waals surface area contributed by atoms with E-state index in [4.69, 9.17) is 0 Å². The van der Waals surface area contributed by atoms with Crippen LogP contribution in [0, 0.1) is 5.92 Å². The van der Waals surface area contributed by atoms with Gasteiger partial charge in [-0.15, -0.1) is 0 Å². The number of benzene rings is 1. The number of ketones is 1. The standard InChI is InChI=1S/C18H19NO/c20-17-8-6-15(12-3-1-2-4-12)18(17)14-5-7-16-13(11-14)9-10-19-16/h5,7,9-12,19H,1-4,6,8H2. The molecule has 2 aliphatic rings. The molecular formula is C18H19NO. The number of carbonyl (C=O) groups excluding carboxylic acids is 1. The van der Waals surface area contributed by atoms with Crippen molar-refractivity contribution in [2.45, 2.75) is 38.5 Å². The number of H-pyrrole nitrogens is 1. The van der Waals surface area contributed by atoms with E-state index >= 15 is 0 Å². The number of allylic oxidation sites excluding steroid dienone is 2. The monoisotopic (exact) mass is 265 g/mol. The number of hydrogen-bond donors (Lipinski definition) is 1. The molecule has 2 aliphatic carbocycles. The third-order valence-electron chi connectivity index (χ3n) is 4.91. The first kappa shape index (κ1) is 12.0. The fourth-order valence-corrected chi connectivity index (χ4v) is 3.91. The molecule has 102 valence electrons. The summed E-state index contributed by atoms with van der Waals surface area (Å²) in [4.78, 5) is 15.6.